The van der Waals surface area contributed by atoms with Crippen molar-refractivity contribution in [1.82, 2.24) is 15.1 Å². The molecule has 0 spiro atoms. The summed E-state index contributed by atoms with van der Waals surface area (Å²) in [6, 6.07) is 0.182. The van der Waals surface area contributed by atoms with Gasteiger partial charge in [0.15, 0.2) is 0 Å². The van der Waals surface area contributed by atoms with Gasteiger partial charge in [-0.1, -0.05) is 6.92 Å². The minimum atomic E-state index is -0.450. The van der Waals surface area contributed by atoms with Crippen molar-refractivity contribution in [3.63, 3.8) is 0 Å². The summed E-state index contributed by atoms with van der Waals surface area (Å²) in [4.78, 5) is 28.5. The number of carbonyl (C=O) groups excluding carboxylic acids is 2. The van der Waals surface area contributed by atoms with Gasteiger partial charge in [0.25, 0.3) is 0 Å². The van der Waals surface area contributed by atoms with Crippen molar-refractivity contribution >= 4 is 12.0 Å². The maximum absolute atomic E-state index is 12.4. The predicted octanol–water partition coefficient (Wildman–Crippen LogP) is 1.99. The van der Waals surface area contributed by atoms with E-state index in [9.17, 15) is 9.59 Å². The van der Waals surface area contributed by atoms with Gasteiger partial charge in [-0.3, -0.25) is 9.69 Å². The number of ether oxygens (including phenoxy) is 1. The number of carbonyl (C=O) groups is 2. The second kappa shape index (κ2) is 7.51. The van der Waals surface area contributed by atoms with Gasteiger partial charge in [-0.15, -0.1) is 0 Å². The summed E-state index contributed by atoms with van der Waals surface area (Å²) in [5, 5.41) is 2.92. The monoisotopic (exact) mass is 325 g/mol. The van der Waals surface area contributed by atoms with Crippen LogP contribution in [0.5, 0.6) is 0 Å². The molecule has 0 aromatic carbocycles. The molecular weight excluding hydrogens is 294 g/mol. The summed E-state index contributed by atoms with van der Waals surface area (Å²) in [7, 11) is 0. The van der Waals surface area contributed by atoms with Crippen LogP contribution in [0.15, 0.2) is 0 Å². The highest BCUT2D eigenvalue weighted by Crippen LogP contribution is 2.22. The molecule has 6 nitrogen and oxygen atoms in total. The van der Waals surface area contributed by atoms with Crippen LogP contribution in [0.25, 0.3) is 0 Å². The third kappa shape index (κ3) is 4.83. The molecule has 2 heterocycles. The highest BCUT2D eigenvalue weighted by atomic mass is 16.6. The average Bonchev–Trinajstić information content (AvgIpc) is 2.47. The third-order valence-corrected chi connectivity index (χ3v) is 4.56. The van der Waals surface area contributed by atoms with E-state index in [2.05, 4.69) is 10.2 Å². The van der Waals surface area contributed by atoms with E-state index in [4.69, 9.17) is 4.74 Å². The van der Waals surface area contributed by atoms with E-state index < -0.39 is 5.60 Å². The van der Waals surface area contributed by atoms with Crippen molar-refractivity contribution in [3.8, 4) is 0 Å². The predicted molar refractivity (Wildman–Crippen MR) is 89.2 cm³/mol. The molecule has 2 fully saturated rings. The Labute approximate surface area is 139 Å². The summed E-state index contributed by atoms with van der Waals surface area (Å²) >= 11 is 0. The topological polar surface area (TPSA) is 61.9 Å². The Morgan fingerprint density at radius 2 is 1.96 bits per heavy atom. The molecule has 2 aliphatic heterocycles. The molecule has 2 amide bonds. The van der Waals surface area contributed by atoms with Crippen LogP contribution in [0.4, 0.5) is 4.79 Å². The first-order chi connectivity index (χ1) is 10.8. The number of likely N-dealkylation sites (tertiary alicyclic amines) is 1. The molecule has 2 saturated heterocycles. The lowest BCUT2D eigenvalue weighted by Gasteiger charge is -2.42. The molecule has 0 aromatic rings. The summed E-state index contributed by atoms with van der Waals surface area (Å²) in [6.07, 6.45) is 3.62. The zero-order chi connectivity index (χ0) is 17.0. The summed E-state index contributed by atoms with van der Waals surface area (Å²) in [6.45, 7) is 11.0. The smallest absolute Gasteiger partial charge is 0.323 e. The Balaban J connectivity index is 1.89. The zero-order valence-corrected chi connectivity index (χ0v) is 14.9. The molecule has 23 heavy (non-hydrogen) atoms. The van der Waals surface area contributed by atoms with Crippen LogP contribution in [-0.2, 0) is 9.53 Å². The number of rotatable bonds is 4. The maximum atomic E-state index is 12.4. The molecule has 0 unspecified atom stereocenters. The molecule has 0 aromatic heterocycles. The Hall–Kier alpha value is -1.30. The van der Waals surface area contributed by atoms with Crippen LogP contribution in [0.2, 0.25) is 0 Å². The number of hydrogen-bond acceptors (Lipinski definition) is 4. The van der Waals surface area contributed by atoms with Crippen LogP contribution in [0, 0.1) is 0 Å². The van der Waals surface area contributed by atoms with Gasteiger partial charge in [0.1, 0.15) is 11.6 Å². The van der Waals surface area contributed by atoms with E-state index in [-0.39, 0.29) is 18.0 Å². The van der Waals surface area contributed by atoms with Gasteiger partial charge in [0, 0.05) is 32.2 Å². The van der Waals surface area contributed by atoms with Crippen LogP contribution >= 0.6 is 0 Å². The number of piperidine rings is 1. The number of esters is 1. The highest BCUT2D eigenvalue weighted by molar-refractivity contribution is 5.76. The van der Waals surface area contributed by atoms with Crippen LogP contribution in [0.1, 0.15) is 53.4 Å². The minimum absolute atomic E-state index is 0.0638. The number of nitrogens with zero attached hydrogens (tertiary/aromatic N) is 2. The first-order valence-corrected chi connectivity index (χ1v) is 8.83. The van der Waals surface area contributed by atoms with Gasteiger partial charge in [-0.25, -0.2) is 4.79 Å². The van der Waals surface area contributed by atoms with Gasteiger partial charge in [-0.05, 0) is 46.5 Å². The van der Waals surface area contributed by atoms with E-state index >= 15 is 0 Å². The van der Waals surface area contributed by atoms with E-state index in [1.54, 1.807) is 0 Å². The Morgan fingerprint density at radius 1 is 1.30 bits per heavy atom. The molecule has 1 atom stereocenters. The molecule has 2 rings (SSSR count). The molecule has 132 valence electrons. The first-order valence-electron chi connectivity index (χ1n) is 8.83. The molecule has 0 saturated carbocycles. The molecule has 6 heteroatoms. The van der Waals surface area contributed by atoms with Crippen molar-refractivity contribution in [2.24, 2.45) is 0 Å². The van der Waals surface area contributed by atoms with Crippen LogP contribution in [0.3, 0.4) is 0 Å². The second-order valence-corrected chi connectivity index (χ2v) is 7.50. The number of amides is 2. The van der Waals surface area contributed by atoms with Crippen molar-refractivity contribution in [3.05, 3.63) is 0 Å². The van der Waals surface area contributed by atoms with Crippen molar-refractivity contribution in [1.29, 1.82) is 0 Å². The lowest BCUT2D eigenvalue weighted by atomic mass is 10.00. The number of urea groups is 1. The third-order valence-electron chi connectivity index (χ3n) is 4.56. The normalized spacial score (nSPS) is 22.6. The standard InChI is InChI=1S/C17H31N3O3/c1-5-14(15(21)23-17(2,3)4)19-11-7-13(8-12-19)20-10-6-9-18-16(20)22/h13-14H,5-12H2,1-4H3,(H,18,22)/t14-/m1/s1. The molecule has 0 aliphatic carbocycles. The Bertz CT molecular complexity index is 425. The molecule has 1 N–H and O–H groups in total. The molecule has 2 aliphatic rings. The summed E-state index contributed by atoms with van der Waals surface area (Å²) in [5.74, 6) is -0.130. The summed E-state index contributed by atoms with van der Waals surface area (Å²) in [5.41, 5.74) is -0.450. The number of nitrogens with one attached hydrogen (secondary N) is 1. The fourth-order valence-corrected chi connectivity index (χ4v) is 3.45. The van der Waals surface area contributed by atoms with Crippen molar-refractivity contribution in [2.75, 3.05) is 26.2 Å². The average molecular weight is 325 g/mol. The second-order valence-electron chi connectivity index (χ2n) is 7.50. The minimum Gasteiger partial charge on any atom is -0.459 e. The Morgan fingerprint density at radius 3 is 2.48 bits per heavy atom. The SMILES string of the molecule is CC[C@H](C(=O)OC(C)(C)C)N1CCC(N2CCCNC2=O)CC1. The van der Waals surface area contributed by atoms with Gasteiger partial charge >= 0.3 is 12.0 Å². The molecule has 0 radical (unpaired) electrons. The number of hydrogen-bond donors (Lipinski definition) is 1. The van der Waals surface area contributed by atoms with Crippen LogP contribution < -0.4 is 5.32 Å². The van der Waals surface area contributed by atoms with Gasteiger partial charge in [-0.2, -0.15) is 0 Å². The lowest BCUT2D eigenvalue weighted by molar-refractivity contribution is -0.162. The fraction of sp³-hybridized carbons (Fsp3) is 0.882. The van der Waals surface area contributed by atoms with E-state index in [1.165, 1.54) is 0 Å². The quantitative estimate of drug-likeness (QED) is 0.803. The molecular formula is C17H31N3O3. The highest BCUT2D eigenvalue weighted by Gasteiger charge is 2.34. The maximum Gasteiger partial charge on any atom is 0.323 e. The first kappa shape index (κ1) is 18.0. The zero-order valence-electron chi connectivity index (χ0n) is 14.9. The van der Waals surface area contributed by atoms with Crippen molar-refractivity contribution < 1.29 is 14.3 Å². The van der Waals surface area contributed by atoms with Crippen LogP contribution in [-0.4, -0.2) is 65.7 Å². The lowest BCUT2D eigenvalue weighted by Crippen LogP contribution is -2.56. The Kier molecular flexibility index (Phi) is 5.89. The van der Waals surface area contributed by atoms with Gasteiger partial charge < -0.3 is 15.0 Å². The van der Waals surface area contributed by atoms with E-state index in [0.29, 0.717) is 6.04 Å². The van der Waals surface area contributed by atoms with Gasteiger partial charge in [0.05, 0.1) is 0 Å². The summed E-state index contributed by atoms with van der Waals surface area (Å²) < 4.78 is 5.55. The van der Waals surface area contributed by atoms with E-state index in [1.807, 2.05) is 32.6 Å². The largest absolute Gasteiger partial charge is 0.459 e. The van der Waals surface area contributed by atoms with E-state index in [0.717, 1.165) is 51.9 Å². The fourth-order valence-electron chi connectivity index (χ4n) is 3.45. The van der Waals surface area contributed by atoms with Gasteiger partial charge in [0.2, 0.25) is 0 Å². The van der Waals surface area contributed by atoms with Crippen molar-refractivity contribution in [2.45, 2.75) is 71.1 Å². The molecule has 0 bridgehead atoms.